The molecule has 2 unspecified atom stereocenters. The predicted molar refractivity (Wildman–Crippen MR) is 94.9 cm³/mol. The number of hydrogen-bond donors (Lipinski definition) is 3. The molecule has 1 fully saturated rings. The third-order valence-corrected chi connectivity index (χ3v) is 4.49. The number of piperidine rings is 1. The highest BCUT2D eigenvalue weighted by molar-refractivity contribution is 5.97. The van der Waals surface area contributed by atoms with Crippen LogP contribution in [0.2, 0.25) is 0 Å². The van der Waals surface area contributed by atoms with Crippen molar-refractivity contribution in [3.8, 4) is 0 Å². The Morgan fingerprint density at radius 3 is 2.54 bits per heavy atom. The van der Waals surface area contributed by atoms with Crippen LogP contribution in [0.5, 0.6) is 0 Å². The van der Waals surface area contributed by atoms with Crippen molar-refractivity contribution in [1.82, 2.24) is 10.3 Å². The summed E-state index contributed by atoms with van der Waals surface area (Å²) in [7, 11) is 0. The highest BCUT2D eigenvalue weighted by Gasteiger charge is 2.25. The largest absolute Gasteiger partial charge is 0.357 e. The summed E-state index contributed by atoms with van der Waals surface area (Å²) in [5.74, 6) is 0.634. The number of carbonyl (C=O) groups is 2. The molecule has 4 N–H and O–H groups in total. The van der Waals surface area contributed by atoms with Crippen LogP contribution in [-0.2, 0) is 4.79 Å². The molecule has 0 aliphatic carbocycles. The van der Waals surface area contributed by atoms with Gasteiger partial charge in [0.2, 0.25) is 5.91 Å². The molecule has 7 nitrogen and oxygen atoms in total. The second-order valence-electron chi connectivity index (χ2n) is 6.31. The molecule has 1 aliphatic rings. The van der Waals surface area contributed by atoms with Crippen LogP contribution in [0.15, 0.2) is 18.3 Å². The Morgan fingerprint density at radius 1 is 1.29 bits per heavy atom. The third-order valence-electron chi connectivity index (χ3n) is 4.49. The van der Waals surface area contributed by atoms with Gasteiger partial charge in [-0.25, -0.2) is 9.78 Å². The Bertz CT molecular complexity index is 555. The zero-order valence-corrected chi connectivity index (χ0v) is 14.4. The molecule has 0 bridgehead atoms. The zero-order chi connectivity index (χ0) is 17.5. The van der Waals surface area contributed by atoms with E-state index in [0.29, 0.717) is 5.69 Å². The van der Waals surface area contributed by atoms with Crippen LogP contribution in [0.1, 0.15) is 39.5 Å². The number of nitrogens with two attached hydrogens (primary N) is 1. The highest BCUT2D eigenvalue weighted by Crippen LogP contribution is 2.19. The van der Waals surface area contributed by atoms with Crippen molar-refractivity contribution in [2.24, 2.45) is 11.7 Å². The van der Waals surface area contributed by atoms with Gasteiger partial charge in [-0.2, -0.15) is 0 Å². The molecular formula is C17H27N5O2. The van der Waals surface area contributed by atoms with Crippen LogP contribution in [0.3, 0.4) is 0 Å². The number of rotatable bonds is 6. The molecule has 3 amide bonds. The van der Waals surface area contributed by atoms with Gasteiger partial charge in [0.1, 0.15) is 11.9 Å². The van der Waals surface area contributed by atoms with E-state index in [9.17, 15) is 9.59 Å². The van der Waals surface area contributed by atoms with Gasteiger partial charge in [-0.1, -0.05) is 20.3 Å². The maximum absolute atomic E-state index is 12.4. The lowest BCUT2D eigenvalue weighted by molar-refractivity contribution is -0.119. The molecule has 0 aromatic carbocycles. The van der Waals surface area contributed by atoms with E-state index in [4.69, 9.17) is 5.73 Å². The van der Waals surface area contributed by atoms with E-state index in [2.05, 4.69) is 20.5 Å². The zero-order valence-electron chi connectivity index (χ0n) is 14.4. The summed E-state index contributed by atoms with van der Waals surface area (Å²) in [5.41, 5.74) is 5.78. The van der Waals surface area contributed by atoms with Crippen LogP contribution in [0.4, 0.5) is 16.3 Å². The van der Waals surface area contributed by atoms with E-state index in [1.165, 1.54) is 19.3 Å². The lowest BCUT2D eigenvalue weighted by atomic mass is 9.98. The van der Waals surface area contributed by atoms with Crippen molar-refractivity contribution in [2.45, 2.75) is 45.6 Å². The predicted octanol–water partition coefficient (Wildman–Crippen LogP) is 2.09. The fourth-order valence-electron chi connectivity index (χ4n) is 2.85. The van der Waals surface area contributed by atoms with Crippen molar-refractivity contribution >= 4 is 23.4 Å². The number of nitrogens with one attached hydrogen (secondary N) is 2. The van der Waals surface area contributed by atoms with E-state index in [0.717, 1.165) is 25.3 Å². The minimum absolute atomic E-state index is 0.0157. The third kappa shape index (κ3) is 4.84. The van der Waals surface area contributed by atoms with Crippen molar-refractivity contribution in [3.05, 3.63) is 18.3 Å². The molecule has 1 aromatic heterocycles. The number of carbonyl (C=O) groups excluding carboxylic acids is 2. The molecule has 0 spiro atoms. The summed E-state index contributed by atoms with van der Waals surface area (Å²) < 4.78 is 0. The number of nitrogens with zero attached hydrogens (tertiary/aromatic N) is 2. The van der Waals surface area contributed by atoms with Crippen molar-refractivity contribution in [3.63, 3.8) is 0 Å². The van der Waals surface area contributed by atoms with E-state index in [1.807, 2.05) is 26.0 Å². The lowest BCUT2D eigenvalue weighted by Gasteiger charge is -2.27. The number of urea groups is 1. The number of aromatic nitrogens is 1. The molecule has 1 aromatic rings. The molecule has 1 aliphatic heterocycles. The van der Waals surface area contributed by atoms with Gasteiger partial charge in [0.15, 0.2) is 0 Å². The Labute approximate surface area is 143 Å². The molecule has 132 valence electrons. The number of primary amides is 1. The summed E-state index contributed by atoms with van der Waals surface area (Å²) in [5, 5.41) is 5.31. The minimum Gasteiger partial charge on any atom is -0.357 e. The smallest absolute Gasteiger partial charge is 0.312 e. The fourth-order valence-corrected chi connectivity index (χ4v) is 2.85. The first-order valence-electron chi connectivity index (χ1n) is 8.59. The van der Waals surface area contributed by atoms with E-state index in [-0.39, 0.29) is 11.8 Å². The SMILES string of the molecule is CCC(C)C(NC(N)=O)C(=O)Nc1ccc(N2CCCCC2)nc1. The highest BCUT2D eigenvalue weighted by atomic mass is 16.2. The molecule has 2 rings (SSSR count). The number of pyridine rings is 1. The van der Waals surface area contributed by atoms with Crippen LogP contribution in [0, 0.1) is 5.92 Å². The molecule has 0 saturated carbocycles. The number of hydrogen-bond acceptors (Lipinski definition) is 4. The van der Waals surface area contributed by atoms with Crippen LogP contribution in [0.25, 0.3) is 0 Å². The van der Waals surface area contributed by atoms with Gasteiger partial charge in [0.25, 0.3) is 0 Å². The maximum Gasteiger partial charge on any atom is 0.312 e. The van der Waals surface area contributed by atoms with Crippen LogP contribution < -0.4 is 21.3 Å². The van der Waals surface area contributed by atoms with Crippen molar-refractivity contribution in [1.29, 1.82) is 0 Å². The molecule has 2 heterocycles. The van der Waals surface area contributed by atoms with E-state index >= 15 is 0 Å². The van der Waals surface area contributed by atoms with Gasteiger partial charge in [0.05, 0.1) is 11.9 Å². The van der Waals surface area contributed by atoms with Crippen LogP contribution in [-0.4, -0.2) is 36.1 Å². The Kier molecular flexibility index (Phi) is 6.40. The van der Waals surface area contributed by atoms with Gasteiger partial charge >= 0.3 is 6.03 Å². The molecular weight excluding hydrogens is 306 g/mol. The first-order chi connectivity index (χ1) is 11.5. The van der Waals surface area contributed by atoms with E-state index < -0.39 is 12.1 Å². The normalized spacial score (nSPS) is 17.0. The molecule has 24 heavy (non-hydrogen) atoms. The summed E-state index contributed by atoms with van der Waals surface area (Å²) in [4.78, 5) is 30.2. The molecule has 7 heteroatoms. The molecule has 0 radical (unpaired) electrons. The topological polar surface area (TPSA) is 100 Å². The van der Waals surface area contributed by atoms with Gasteiger partial charge in [-0.05, 0) is 37.3 Å². The van der Waals surface area contributed by atoms with Crippen LogP contribution >= 0.6 is 0 Å². The fraction of sp³-hybridized carbons (Fsp3) is 0.588. The second kappa shape index (κ2) is 8.52. The van der Waals surface area contributed by atoms with Gasteiger partial charge in [0, 0.05) is 13.1 Å². The van der Waals surface area contributed by atoms with Crippen molar-refractivity contribution < 1.29 is 9.59 Å². The first-order valence-corrected chi connectivity index (χ1v) is 8.59. The Morgan fingerprint density at radius 2 is 2.00 bits per heavy atom. The number of anilines is 2. The Hall–Kier alpha value is -2.31. The minimum atomic E-state index is -0.700. The summed E-state index contributed by atoms with van der Waals surface area (Å²) >= 11 is 0. The quantitative estimate of drug-likeness (QED) is 0.742. The van der Waals surface area contributed by atoms with Crippen molar-refractivity contribution in [2.75, 3.05) is 23.3 Å². The first kappa shape index (κ1) is 18.0. The van der Waals surface area contributed by atoms with Gasteiger partial charge in [-0.15, -0.1) is 0 Å². The summed E-state index contributed by atoms with van der Waals surface area (Å²) in [6.45, 7) is 5.91. The maximum atomic E-state index is 12.4. The number of amides is 3. The average molecular weight is 333 g/mol. The van der Waals surface area contributed by atoms with Gasteiger partial charge < -0.3 is 21.3 Å². The standard InChI is InChI=1S/C17H27N5O2/c1-3-12(2)15(21-17(18)24)16(23)20-13-7-8-14(19-11-13)22-9-5-4-6-10-22/h7-8,11-12,15H,3-6,9-10H2,1-2H3,(H,20,23)(H3,18,21,24). The second-order valence-corrected chi connectivity index (χ2v) is 6.31. The average Bonchev–Trinajstić information content (AvgIpc) is 2.60. The van der Waals surface area contributed by atoms with E-state index in [1.54, 1.807) is 6.20 Å². The van der Waals surface area contributed by atoms with Gasteiger partial charge in [-0.3, -0.25) is 4.79 Å². The monoisotopic (exact) mass is 333 g/mol. The molecule has 1 saturated heterocycles. The summed E-state index contributed by atoms with van der Waals surface area (Å²) in [6.07, 6.45) is 6.06. The molecule has 2 atom stereocenters. The Balaban J connectivity index is 2.00. The summed E-state index contributed by atoms with van der Waals surface area (Å²) in [6, 6.07) is 2.40. The lowest BCUT2D eigenvalue weighted by Crippen LogP contribution is -2.49.